The highest BCUT2D eigenvalue weighted by molar-refractivity contribution is 5.73. The van der Waals surface area contributed by atoms with Crippen LogP contribution in [0.3, 0.4) is 0 Å². The second-order valence-corrected chi connectivity index (χ2v) is 4.20. The normalized spacial score (nSPS) is 10.5. The zero-order chi connectivity index (χ0) is 12.1. The van der Waals surface area contributed by atoms with Crippen LogP contribution in [0.2, 0.25) is 0 Å². The van der Waals surface area contributed by atoms with Gasteiger partial charge in [0.1, 0.15) is 6.54 Å². The largest absolute Gasteiger partial charge is 0.480 e. The number of aliphatic carboxylic acids is 1. The number of aromatic nitrogens is 2. The van der Waals surface area contributed by atoms with Gasteiger partial charge in [0.2, 0.25) is 0 Å². The van der Waals surface area contributed by atoms with E-state index in [1.54, 1.807) is 11.0 Å². The summed E-state index contributed by atoms with van der Waals surface area (Å²) in [7, 11) is 0. The highest BCUT2D eigenvalue weighted by atomic mass is 16.4. The summed E-state index contributed by atoms with van der Waals surface area (Å²) in [5, 5.41) is 16.8. The molecule has 0 aliphatic rings. The summed E-state index contributed by atoms with van der Waals surface area (Å²) in [6.45, 7) is 6.54. The summed E-state index contributed by atoms with van der Waals surface area (Å²) >= 11 is 0. The first-order chi connectivity index (χ1) is 7.49. The molecule has 16 heavy (non-hydrogen) atoms. The van der Waals surface area contributed by atoms with E-state index in [-0.39, 0.29) is 6.54 Å². The molecule has 0 fully saturated rings. The number of hydrogen-bond donors (Lipinski definition) is 1. The van der Waals surface area contributed by atoms with Gasteiger partial charge in [-0.25, -0.2) is 0 Å². The summed E-state index contributed by atoms with van der Waals surface area (Å²) in [6, 6.07) is 3.63. The summed E-state index contributed by atoms with van der Waals surface area (Å²) in [6.07, 6.45) is 0. The minimum atomic E-state index is -0.858. The lowest BCUT2D eigenvalue weighted by atomic mass is 10.2. The number of rotatable bonds is 5. The Morgan fingerprint density at radius 3 is 2.56 bits per heavy atom. The first-order valence-corrected chi connectivity index (χ1v) is 5.26. The van der Waals surface area contributed by atoms with Crippen LogP contribution in [0.25, 0.3) is 0 Å². The molecular formula is C11H17N3O2. The van der Waals surface area contributed by atoms with Crippen molar-refractivity contribution in [2.45, 2.75) is 20.8 Å². The Kier molecular flexibility index (Phi) is 4.22. The van der Waals surface area contributed by atoms with Crippen LogP contribution in [0.4, 0.5) is 5.82 Å². The number of carboxylic acid groups (broad SMARTS) is 1. The van der Waals surface area contributed by atoms with Crippen LogP contribution in [0.1, 0.15) is 19.5 Å². The highest BCUT2D eigenvalue weighted by Gasteiger charge is 2.13. The third-order valence-corrected chi connectivity index (χ3v) is 2.02. The molecule has 1 N–H and O–H groups in total. The van der Waals surface area contributed by atoms with Crippen molar-refractivity contribution >= 4 is 11.8 Å². The molecule has 1 aromatic rings. The maximum absolute atomic E-state index is 10.7. The van der Waals surface area contributed by atoms with E-state index in [2.05, 4.69) is 10.2 Å². The Morgan fingerprint density at radius 2 is 2.12 bits per heavy atom. The molecule has 1 heterocycles. The van der Waals surface area contributed by atoms with E-state index in [0.717, 1.165) is 5.69 Å². The molecule has 0 spiro atoms. The van der Waals surface area contributed by atoms with Gasteiger partial charge in [-0.3, -0.25) is 4.79 Å². The Morgan fingerprint density at radius 1 is 1.44 bits per heavy atom. The molecule has 0 radical (unpaired) electrons. The molecule has 5 nitrogen and oxygen atoms in total. The van der Waals surface area contributed by atoms with Crippen LogP contribution in [0.5, 0.6) is 0 Å². The molecule has 88 valence electrons. The van der Waals surface area contributed by atoms with Crippen LogP contribution in [-0.4, -0.2) is 34.4 Å². The van der Waals surface area contributed by atoms with Crippen molar-refractivity contribution in [3.63, 3.8) is 0 Å². The number of carboxylic acids is 1. The molecular weight excluding hydrogens is 206 g/mol. The van der Waals surface area contributed by atoms with Gasteiger partial charge in [0.15, 0.2) is 5.82 Å². The van der Waals surface area contributed by atoms with Crippen molar-refractivity contribution in [3.05, 3.63) is 17.8 Å². The predicted octanol–water partition coefficient (Wildman–Crippen LogP) is 1.33. The van der Waals surface area contributed by atoms with Crippen molar-refractivity contribution in [2.24, 2.45) is 5.92 Å². The smallest absolute Gasteiger partial charge is 0.323 e. The quantitative estimate of drug-likeness (QED) is 0.815. The molecule has 0 atom stereocenters. The van der Waals surface area contributed by atoms with E-state index in [1.165, 1.54) is 0 Å². The Bertz CT molecular complexity index is 349. The monoisotopic (exact) mass is 223 g/mol. The lowest BCUT2D eigenvalue weighted by Crippen LogP contribution is -2.33. The van der Waals surface area contributed by atoms with Crippen LogP contribution in [0.15, 0.2) is 12.1 Å². The third kappa shape index (κ3) is 3.84. The molecule has 0 aromatic carbocycles. The molecule has 1 rings (SSSR count). The SMILES string of the molecule is Cc1ccc(N(CC(=O)O)CC(C)C)nn1. The summed E-state index contributed by atoms with van der Waals surface area (Å²) < 4.78 is 0. The number of hydrogen-bond acceptors (Lipinski definition) is 4. The zero-order valence-electron chi connectivity index (χ0n) is 9.84. The summed E-state index contributed by atoms with van der Waals surface area (Å²) in [5.41, 5.74) is 0.823. The molecule has 0 unspecified atom stereocenters. The number of carbonyl (C=O) groups is 1. The Balaban J connectivity index is 2.82. The zero-order valence-corrected chi connectivity index (χ0v) is 9.84. The fourth-order valence-corrected chi connectivity index (χ4v) is 1.40. The predicted molar refractivity (Wildman–Crippen MR) is 61.5 cm³/mol. The topological polar surface area (TPSA) is 66.3 Å². The second-order valence-electron chi connectivity index (χ2n) is 4.20. The van der Waals surface area contributed by atoms with Crippen molar-refractivity contribution < 1.29 is 9.90 Å². The van der Waals surface area contributed by atoms with E-state index in [0.29, 0.717) is 18.3 Å². The van der Waals surface area contributed by atoms with Gasteiger partial charge >= 0.3 is 5.97 Å². The minimum Gasteiger partial charge on any atom is -0.480 e. The van der Waals surface area contributed by atoms with Gasteiger partial charge in [0.25, 0.3) is 0 Å². The maximum atomic E-state index is 10.7. The van der Waals surface area contributed by atoms with Gasteiger partial charge in [0.05, 0.1) is 5.69 Å². The van der Waals surface area contributed by atoms with Crippen LogP contribution in [0, 0.1) is 12.8 Å². The molecule has 0 bridgehead atoms. The fraction of sp³-hybridized carbons (Fsp3) is 0.545. The lowest BCUT2D eigenvalue weighted by molar-refractivity contribution is -0.135. The average molecular weight is 223 g/mol. The van der Waals surface area contributed by atoms with Crippen molar-refractivity contribution in [3.8, 4) is 0 Å². The molecule has 0 saturated heterocycles. The van der Waals surface area contributed by atoms with Crippen molar-refractivity contribution in [1.29, 1.82) is 0 Å². The van der Waals surface area contributed by atoms with E-state index in [1.807, 2.05) is 26.8 Å². The highest BCUT2D eigenvalue weighted by Crippen LogP contribution is 2.11. The fourth-order valence-electron chi connectivity index (χ4n) is 1.40. The number of aryl methyl sites for hydroxylation is 1. The van der Waals surface area contributed by atoms with Crippen molar-refractivity contribution in [1.82, 2.24) is 10.2 Å². The molecule has 0 saturated carbocycles. The van der Waals surface area contributed by atoms with Crippen LogP contribution >= 0.6 is 0 Å². The summed E-state index contributed by atoms with van der Waals surface area (Å²) in [5.74, 6) is 0.132. The first-order valence-electron chi connectivity index (χ1n) is 5.26. The van der Waals surface area contributed by atoms with E-state index < -0.39 is 5.97 Å². The van der Waals surface area contributed by atoms with Gasteiger partial charge in [-0.15, -0.1) is 5.10 Å². The van der Waals surface area contributed by atoms with Crippen LogP contribution < -0.4 is 4.90 Å². The van der Waals surface area contributed by atoms with Gasteiger partial charge in [-0.05, 0) is 25.0 Å². The Hall–Kier alpha value is -1.65. The molecule has 0 aliphatic carbocycles. The van der Waals surface area contributed by atoms with E-state index in [9.17, 15) is 4.79 Å². The lowest BCUT2D eigenvalue weighted by Gasteiger charge is -2.23. The first kappa shape index (κ1) is 12.4. The molecule has 0 aliphatic heterocycles. The second kappa shape index (κ2) is 5.44. The Labute approximate surface area is 95.1 Å². The average Bonchev–Trinajstić information content (AvgIpc) is 2.16. The molecule has 5 heteroatoms. The molecule has 0 amide bonds. The van der Waals surface area contributed by atoms with E-state index >= 15 is 0 Å². The third-order valence-electron chi connectivity index (χ3n) is 2.02. The summed E-state index contributed by atoms with van der Waals surface area (Å²) in [4.78, 5) is 12.5. The van der Waals surface area contributed by atoms with Gasteiger partial charge in [-0.1, -0.05) is 13.8 Å². The molecule has 1 aromatic heterocycles. The minimum absolute atomic E-state index is 0.0457. The number of nitrogens with zero attached hydrogens (tertiary/aromatic N) is 3. The van der Waals surface area contributed by atoms with Gasteiger partial charge in [0, 0.05) is 6.54 Å². The standard InChI is InChI=1S/C11H17N3O2/c1-8(2)6-14(7-11(15)16)10-5-4-9(3)12-13-10/h4-5,8H,6-7H2,1-3H3,(H,15,16). The van der Waals surface area contributed by atoms with Gasteiger partial charge < -0.3 is 10.0 Å². The maximum Gasteiger partial charge on any atom is 0.323 e. The number of anilines is 1. The van der Waals surface area contributed by atoms with E-state index in [4.69, 9.17) is 5.11 Å². The van der Waals surface area contributed by atoms with Crippen LogP contribution in [-0.2, 0) is 4.79 Å². The van der Waals surface area contributed by atoms with Gasteiger partial charge in [-0.2, -0.15) is 5.10 Å². The van der Waals surface area contributed by atoms with Crippen molar-refractivity contribution in [2.75, 3.05) is 18.0 Å².